The van der Waals surface area contributed by atoms with Crippen LogP contribution in [0.2, 0.25) is 0 Å². The van der Waals surface area contributed by atoms with Crippen LogP contribution >= 0.6 is 18.7 Å². The van der Waals surface area contributed by atoms with Gasteiger partial charge in [-0.05, 0) is 18.8 Å². The van der Waals surface area contributed by atoms with E-state index in [4.69, 9.17) is 11.2 Å². The first kappa shape index (κ1) is 7.84. The monoisotopic (exact) mass is 173 g/mol. The van der Waals surface area contributed by atoms with Crippen LogP contribution in [0.4, 0.5) is 5.69 Å². The number of hydrogen-bond acceptors (Lipinski definition) is 1. The van der Waals surface area contributed by atoms with Crippen molar-refractivity contribution in [3.8, 4) is 0 Å². The maximum Gasteiger partial charge on any atom is 0.0831 e. The third kappa shape index (κ3) is 2.55. The van der Waals surface area contributed by atoms with Gasteiger partial charge >= 0.3 is 0 Å². The van der Waals surface area contributed by atoms with Crippen LogP contribution in [-0.4, -0.2) is 6.66 Å². The summed E-state index contributed by atoms with van der Waals surface area (Å²) in [4.78, 5) is 0. The number of nitrogens with one attached hydrogen (secondary N) is 1. The van der Waals surface area contributed by atoms with Crippen LogP contribution < -0.4 is 5.09 Å². The molecule has 0 radical (unpaired) electrons. The molecule has 0 aliphatic rings. The Morgan fingerprint density at radius 3 is 2.40 bits per heavy atom. The topological polar surface area (TPSA) is 12.0 Å². The van der Waals surface area contributed by atoms with Gasteiger partial charge in [-0.3, -0.25) is 0 Å². The highest BCUT2D eigenvalue weighted by molar-refractivity contribution is 7.84. The zero-order chi connectivity index (χ0) is 7.40. The molecule has 0 saturated heterocycles. The third-order valence-electron chi connectivity index (χ3n) is 1.06. The molecule has 0 spiro atoms. The van der Waals surface area contributed by atoms with E-state index in [0.29, 0.717) is 0 Å². The zero-order valence-electron chi connectivity index (χ0n) is 5.71. The minimum atomic E-state index is -0.555. The minimum Gasteiger partial charge on any atom is -0.352 e. The van der Waals surface area contributed by atoms with E-state index in [9.17, 15) is 0 Å². The Morgan fingerprint density at radius 1 is 1.30 bits per heavy atom. The molecule has 0 aliphatic carbocycles. The minimum absolute atomic E-state index is 0.555. The lowest BCUT2D eigenvalue weighted by Crippen LogP contribution is -1.83. The molecule has 1 unspecified atom stereocenters. The number of hydrogen-bond donors (Lipinski definition) is 1. The first-order chi connectivity index (χ1) is 4.79. The molecule has 0 amide bonds. The molecule has 1 aromatic carbocycles. The quantitative estimate of drug-likeness (QED) is 0.677. The van der Waals surface area contributed by atoms with Gasteiger partial charge in [0.1, 0.15) is 0 Å². The smallest absolute Gasteiger partial charge is 0.0831 e. The van der Waals surface area contributed by atoms with E-state index in [1.54, 1.807) is 0 Å². The van der Waals surface area contributed by atoms with Gasteiger partial charge in [-0.15, -0.1) is 0 Å². The van der Waals surface area contributed by atoms with Crippen LogP contribution in [0.3, 0.4) is 0 Å². The Hall–Kier alpha value is -0.260. The number of anilines is 1. The van der Waals surface area contributed by atoms with Gasteiger partial charge in [-0.25, -0.2) is 0 Å². The molecule has 0 aromatic heterocycles. The summed E-state index contributed by atoms with van der Waals surface area (Å²) in [6.45, 7) is 1.96. The van der Waals surface area contributed by atoms with Crippen molar-refractivity contribution in [1.82, 2.24) is 0 Å². The van der Waals surface area contributed by atoms with Crippen molar-refractivity contribution < 1.29 is 0 Å². The summed E-state index contributed by atoms with van der Waals surface area (Å²) >= 11 is 5.77. The fourth-order valence-corrected chi connectivity index (χ4v) is 1.49. The lowest BCUT2D eigenvalue weighted by molar-refractivity contribution is 1.68. The molecule has 1 N–H and O–H groups in total. The maximum atomic E-state index is 5.77. The van der Waals surface area contributed by atoms with Crippen molar-refractivity contribution in [3.63, 3.8) is 0 Å². The molecule has 0 aliphatic heterocycles. The third-order valence-corrected chi connectivity index (χ3v) is 1.88. The highest BCUT2D eigenvalue weighted by atomic mass is 35.7. The van der Waals surface area contributed by atoms with E-state index < -0.39 is 7.43 Å². The first-order valence-corrected chi connectivity index (χ1v) is 5.69. The average molecular weight is 174 g/mol. The largest absolute Gasteiger partial charge is 0.352 e. The number of halogens is 1. The van der Waals surface area contributed by atoms with Gasteiger partial charge in [0.25, 0.3) is 0 Å². The fourth-order valence-electron chi connectivity index (χ4n) is 0.691. The lowest BCUT2D eigenvalue weighted by atomic mass is 10.3. The van der Waals surface area contributed by atoms with Crippen LogP contribution in [0.5, 0.6) is 0 Å². The molecule has 1 atom stereocenters. The summed E-state index contributed by atoms with van der Waals surface area (Å²) < 4.78 is 0. The van der Waals surface area contributed by atoms with Gasteiger partial charge in [0.15, 0.2) is 0 Å². The van der Waals surface area contributed by atoms with Gasteiger partial charge in [0, 0.05) is 5.69 Å². The van der Waals surface area contributed by atoms with Crippen LogP contribution in [0.1, 0.15) is 0 Å². The molecule has 3 heteroatoms. The van der Waals surface area contributed by atoms with Crippen LogP contribution in [0.25, 0.3) is 0 Å². The van der Waals surface area contributed by atoms with Crippen LogP contribution in [0.15, 0.2) is 30.3 Å². The number of rotatable bonds is 2. The molecule has 54 valence electrons. The molecular weight excluding hydrogens is 165 g/mol. The second-order valence-corrected chi connectivity index (χ2v) is 4.65. The molecule has 0 heterocycles. The Morgan fingerprint density at radius 2 is 1.90 bits per heavy atom. The van der Waals surface area contributed by atoms with E-state index >= 15 is 0 Å². The lowest BCUT2D eigenvalue weighted by Gasteiger charge is -2.05. The summed E-state index contributed by atoms with van der Waals surface area (Å²) in [5.41, 5.74) is 1.09. The predicted molar refractivity (Wildman–Crippen MR) is 48.8 cm³/mol. The van der Waals surface area contributed by atoms with Gasteiger partial charge in [0.2, 0.25) is 0 Å². The molecular formula is C7H9ClNP. The van der Waals surface area contributed by atoms with Crippen LogP contribution in [0, 0.1) is 0 Å². The maximum absolute atomic E-state index is 5.77. The first-order valence-electron chi connectivity index (χ1n) is 3.00. The van der Waals surface area contributed by atoms with Crippen LogP contribution in [-0.2, 0) is 0 Å². The number of benzene rings is 1. The molecule has 1 rings (SSSR count). The standard InChI is InChI=1S/C7H9ClNP/c1-10(8)9-7-5-3-2-4-6-7/h2-6,9H,1H3. The van der Waals surface area contributed by atoms with Gasteiger partial charge in [0.05, 0.1) is 7.43 Å². The summed E-state index contributed by atoms with van der Waals surface area (Å²) in [7, 11) is -0.555. The second-order valence-electron chi connectivity index (χ2n) is 1.95. The molecule has 10 heavy (non-hydrogen) atoms. The zero-order valence-corrected chi connectivity index (χ0v) is 7.36. The Balaban J connectivity index is 2.59. The van der Waals surface area contributed by atoms with Gasteiger partial charge in [-0.1, -0.05) is 29.4 Å². The van der Waals surface area contributed by atoms with E-state index in [2.05, 4.69) is 5.09 Å². The SMILES string of the molecule is CP(Cl)Nc1ccccc1. The summed E-state index contributed by atoms with van der Waals surface area (Å²) in [5, 5.41) is 3.13. The van der Waals surface area contributed by atoms with Crippen molar-refractivity contribution in [2.75, 3.05) is 11.8 Å². The van der Waals surface area contributed by atoms with Crippen molar-refractivity contribution in [2.45, 2.75) is 0 Å². The van der Waals surface area contributed by atoms with E-state index in [1.807, 2.05) is 37.0 Å². The van der Waals surface area contributed by atoms with Gasteiger partial charge in [-0.2, -0.15) is 0 Å². The average Bonchev–Trinajstić information content (AvgIpc) is 1.88. The van der Waals surface area contributed by atoms with E-state index in [1.165, 1.54) is 0 Å². The van der Waals surface area contributed by atoms with E-state index in [0.717, 1.165) is 5.69 Å². The van der Waals surface area contributed by atoms with Crippen molar-refractivity contribution >= 4 is 24.4 Å². The second kappa shape index (κ2) is 3.80. The predicted octanol–water partition coefficient (Wildman–Crippen LogP) is 3.28. The molecule has 0 saturated carbocycles. The Labute approximate surface area is 67.0 Å². The summed E-state index contributed by atoms with van der Waals surface area (Å²) in [6, 6.07) is 9.95. The molecule has 0 bridgehead atoms. The Bertz CT molecular complexity index is 188. The fraction of sp³-hybridized carbons (Fsp3) is 0.143. The molecule has 1 nitrogen and oxygen atoms in total. The highest BCUT2D eigenvalue weighted by Crippen LogP contribution is 2.36. The molecule has 1 aromatic rings. The van der Waals surface area contributed by atoms with Crippen molar-refractivity contribution in [1.29, 1.82) is 0 Å². The van der Waals surface area contributed by atoms with E-state index in [-0.39, 0.29) is 0 Å². The van der Waals surface area contributed by atoms with Crippen molar-refractivity contribution in [3.05, 3.63) is 30.3 Å². The van der Waals surface area contributed by atoms with Gasteiger partial charge < -0.3 is 5.09 Å². The summed E-state index contributed by atoms with van der Waals surface area (Å²) in [6.07, 6.45) is 0. The Kier molecular flexibility index (Phi) is 2.98. The van der Waals surface area contributed by atoms with Crippen molar-refractivity contribution in [2.24, 2.45) is 0 Å². The summed E-state index contributed by atoms with van der Waals surface area (Å²) in [5.74, 6) is 0. The highest BCUT2D eigenvalue weighted by Gasteiger charge is 1.92. The number of para-hydroxylation sites is 1. The molecule has 0 fully saturated rings. The normalized spacial score (nSPS) is 12.6.